The zero-order valence-corrected chi connectivity index (χ0v) is 12.8. The van der Waals surface area contributed by atoms with Crippen LogP contribution >= 0.6 is 0 Å². The van der Waals surface area contributed by atoms with E-state index < -0.39 is 0 Å². The first-order chi connectivity index (χ1) is 8.57. The van der Waals surface area contributed by atoms with Gasteiger partial charge in [0, 0.05) is 28.8 Å². The van der Waals surface area contributed by atoms with E-state index in [-0.39, 0.29) is 18.4 Å². The summed E-state index contributed by atoms with van der Waals surface area (Å²) in [6, 6.07) is 0. The van der Waals surface area contributed by atoms with Crippen LogP contribution in [0.1, 0.15) is 41.5 Å². The van der Waals surface area contributed by atoms with E-state index in [1.807, 2.05) is 6.92 Å². The lowest BCUT2D eigenvalue weighted by atomic mass is 10.1. The average molecular weight is 269 g/mol. The van der Waals surface area contributed by atoms with E-state index in [2.05, 4.69) is 4.99 Å². The van der Waals surface area contributed by atoms with Crippen LogP contribution in [-0.2, 0) is 4.79 Å². The van der Waals surface area contributed by atoms with Crippen LogP contribution in [0.3, 0.4) is 0 Å². The van der Waals surface area contributed by atoms with Crippen LogP contribution in [0.2, 0.25) is 0 Å². The lowest BCUT2D eigenvalue weighted by molar-refractivity contribution is -0.115. The molecule has 0 aliphatic carbocycles. The maximum Gasteiger partial charge on any atom is 0.151 e. The molecule has 0 aromatic rings. The molecule has 0 aliphatic heterocycles. The third-order valence-corrected chi connectivity index (χ3v) is 1.73. The van der Waals surface area contributed by atoms with Crippen molar-refractivity contribution in [1.29, 1.82) is 0 Å². The van der Waals surface area contributed by atoms with E-state index in [0.717, 1.165) is 11.3 Å². The molecule has 0 amide bonds. The second-order valence-corrected chi connectivity index (χ2v) is 4.68. The number of Topliss-reactive ketones (excluding diaryl/α,β-unsaturated/α-hetero) is 1. The highest BCUT2D eigenvalue weighted by Crippen LogP contribution is 2.06. The van der Waals surface area contributed by atoms with Crippen LogP contribution in [0, 0.1) is 0 Å². The first-order valence-corrected chi connectivity index (χ1v) is 6.17. The average Bonchev–Trinajstić information content (AvgIpc) is 2.21. The predicted molar refractivity (Wildman–Crippen MR) is 80.8 cm³/mol. The summed E-state index contributed by atoms with van der Waals surface area (Å²) in [5, 5.41) is 8.06. The summed E-state index contributed by atoms with van der Waals surface area (Å²) >= 11 is 0. The molecule has 0 spiro atoms. The summed E-state index contributed by atoms with van der Waals surface area (Å²) in [5.74, 6) is 0.0248. The molecule has 0 atom stereocenters. The van der Waals surface area contributed by atoms with E-state index in [4.69, 9.17) is 16.6 Å². The van der Waals surface area contributed by atoms with Crippen LogP contribution in [0.4, 0.5) is 0 Å². The number of hydrogen-bond donors (Lipinski definition) is 3. The van der Waals surface area contributed by atoms with E-state index in [1.54, 1.807) is 33.8 Å². The summed E-state index contributed by atoms with van der Waals surface area (Å²) < 4.78 is 0. The lowest BCUT2D eigenvalue weighted by Gasteiger charge is -2.05. The van der Waals surface area contributed by atoms with Crippen molar-refractivity contribution in [2.75, 3.05) is 6.54 Å². The van der Waals surface area contributed by atoms with Gasteiger partial charge in [-0.05, 0) is 47.6 Å². The number of aliphatic hydroxyl groups excluding tert-OH is 1. The van der Waals surface area contributed by atoms with Gasteiger partial charge < -0.3 is 16.6 Å². The Hall–Kier alpha value is -1.62. The Morgan fingerprint density at radius 3 is 1.89 bits per heavy atom. The molecule has 110 valence electrons. The molecule has 0 heterocycles. The summed E-state index contributed by atoms with van der Waals surface area (Å²) in [6.45, 7) is 10.5. The number of aliphatic imine (C=N–C) groups is 1. The highest BCUT2D eigenvalue weighted by molar-refractivity contribution is 6.02. The third-order valence-electron chi connectivity index (χ3n) is 1.73. The second kappa shape index (κ2) is 10.3. The SMILES string of the molecule is CC(=O)CN=C(C)C(/C=C(/C)N)=C(/C)N.CC(C)O. The number of nitrogens with zero attached hydrogens (tertiary/aromatic N) is 1. The second-order valence-electron chi connectivity index (χ2n) is 4.68. The number of carbonyl (C=O) groups excluding carboxylic acids is 1. The zero-order chi connectivity index (χ0) is 15.6. The summed E-state index contributed by atoms with van der Waals surface area (Å²) in [6.07, 6.45) is 1.59. The molecule has 0 aromatic carbocycles. The molecule has 0 rings (SSSR count). The fourth-order valence-electron chi connectivity index (χ4n) is 1.05. The Labute approximate surface area is 116 Å². The van der Waals surface area contributed by atoms with Gasteiger partial charge in [-0.1, -0.05) is 0 Å². The lowest BCUT2D eigenvalue weighted by Crippen LogP contribution is -2.08. The van der Waals surface area contributed by atoms with Gasteiger partial charge in [0.2, 0.25) is 0 Å². The fraction of sp³-hybridized carbons (Fsp3) is 0.571. The maximum absolute atomic E-state index is 10.8. The smallest absolute Gasteiger partial charge is 0.151 e. The van der Waals surface area contributed by atoms with Crippen LogP contribution in [0.25, 0.3) is 0 Å². The first kappa shape index (κ1) is 19.7. The Morgan fingerprint density at radius 1 is 1.21 bits per heavy atom. The first-order valence-electron chi connectivity index (χ1n) is 6.17. The Morgan fingerprint density at radius 2 is 1.63 bits per heavy atom. The number of hydrogen-bond acceptors (Lipinski definition) is 5. The summed E-state index contributed by atoms with van der Waals surface area (Å²) in [7, 11) is 0. The van der Waals surface area contributed by atoms with Gasteiger partial charge in [-0.15, -0.1) is 0 Å². The predicted octanol–water partition coefficient (Wildman–Crippen LogP) is 1.52. The van der Waals surface area contributed by atoms with Crippen LogP contribution in [0.5, 0.6) is 0 Å². The molecule has 0 saturated carbocycles. The number of nitrogens with two attached hydrogens (primary N) is 2. The van der Waals surface area contributed by atoms with Gasteiger partial charge in [0.15, 0.2) is 5.78 Å². The number of allylic oxidation sites excluding steroid dienone is 4. The van der Waals surface area contributed by atoms with Crippen molar-refractivity contribution in [3.63, 3.8) is 0 Å². The molecule has 19 heavy (non-hydrogen) atoms. The van der Waals surface area contributed by atoms with Gasteiger partial charge >= 0.3 is 0 Å². The van der Waals surface area contributed by atoms with Gasteiger partial charge in [-0.3, -0.25) is 9.79 Å². The van der Waals surface area contributed by atoms with Crippen molar-refractivity contribution in [3.8, 4) is 0 Å². The van der Waals surface area contributed by atoms with Crippen molar-refractivity contribution in [2.24, 2.45) is 16.5 Å². The van der Waals surface area contributed by atoms with Gasteiger partial charge in [0.25, 0.3) is 0 Å². The highest BCUT2D eigenvalue weighted by Gasteiger charge is 2.02. The molecular formula is C14H27N3O2. The Balaban J connectivity index is 0. The van der Waals surface area contributed by atoms with Crippen LogP contribution < -0.4 is 11.5 Å². The molecule has 5 heteroatoms. The van der Waals surface area contributed by atoms with Crippen molar-refractivity contribution in [1.82, 2.24) is 0 Å². The standard InChI is InChI=1S/C11H19N3O.C3H8O/c1-7(12)5-11(9(3)13)10(4)14-6-8(2)15;1-3(2)4/h5H,6,12-13H2,1-4H3;3-4H,1-2H3/b7-5-,11-9-,14-10?;. The van der Waals surface area contributed by atoms with Crippen molar-refractivity contribution >= 4 is 11.5 Å². The van der Waals surface area contributed by atoms with Crippen molar-refractivity contribution in [3.05, 3.63) is 23.0 Å². The minimum atomic E-state index is -0.167. The van der Waals surface area contributed by atoms with Crippen molar-refractivity contribution in [2.45, 2.75) is 47.6 Å². The summed E-state index contributed by atoms with van der Waals surface area (Å²) in [5.41, 5.74) is 14.1. The molecule has 0 radical (unpaired) electrons. The molecule has 0 fully saturated rings. The topological polar surface area (TPSA) is 102 Å². The molecule has 0 aliphatic rings. The Kier molecular flexibility index (Phi) is 10.7. The molecule has 0 bridgehead atoms. The summed E-state index contributed by atoms with van der Waals surface area (Å²) in [4.78, 5) is 14.9. The monoisotopic (exact) mass is 269 g/mol. The van der Waals surface area contributed by atoms with E-state index in [1.165, 1.54) is 6.92 Å². The molecule has 0 saturated heterocycles. The normalized spacial score (nSPS) is 13.7. The largest absolute Gasteiger partial charge is 0.402 e. The van der Waals surface area contributed by atoms with Gasteiger partial charge in [-0.2, -0.15) is 0 Å². The quantitative estimate of drug-likeness (QED) is 0.532. The molecule has 5 nitrogen and oxygen atoms in total. The zero-order valence-electron chi connectivity index (χ0n) is 12.8. The van der Waals surface area contributed by atoms with Gasteiger partial charge in [-0.25, -0.2) is 0 Å². The minimum Gasteiger partial charge on any atom is -0.402 e. The van der Waals surface area contributed by atoms with E-state index in [0.29, 0.717) is 11.4 Å². The number of carbonyl (C=O) groups is 1. The van der Waals surface area contributed by atoms with Crippen LogP contribution in [-0.4, -0.2) is 29.3 Å². The molecular weight excluding hydrogens is 242 g/mol. The van der Waals surface area contributed by atoms with Gasteiger partial charge in [0.05, 0.1) is 6.54 Å². The molecule has 5 N–H and O–H groups in total. The number of aliphatic hydroxyl groups is 1. The maximum atomic E-state index is 10.8. The van der Waals surface area contributed by atoms with Crippen molar-refractivity contribution < 1.29 is 9.90 Å². The highest BCUT2D eigenvalue weighted by atomic mass is 16.3. The third kappa shape index (κ3) is 14.3. The van der Waals surface area contributed by atoms with E-state index in [9.17, 15) is 4.79 Å². The number of rotatable bonds is 4. The van der Waals surface area contributed by atoms with Crippen LogP contribution in [0.15, 0.2) is 28.0 Å². The fourth-order valence-corrected chi connectivity index (χ4v) is 1.05. The van der Waals surface area contributed by atoms with E-state index >= 15 is 0 Å². The molecule has 0 aromatic heterocycles. The molecule has 0 unspecified atom stereocenters. The number of ketones is 1. The Bertz CT molecular complexity index is 369. The minimum absolute atomic E-state index is 0.0248. The van der Waals surface area contributed by atoms with Gasteiger partial charge in [0.1, 0.15) is 0 Å².